The normalized spacial score (nSPS) is 12.8. The zero-order valence-electron chi connectivity index (χ0n) is 14.4. The van der Waals surface area contributed by atoms with Gasteiger partial charge in [0.1, 0.15) is 0 Å². The minimum Gasteiger partial charge on any atom is -0.384 e. The molecule has 0 N–H and O–H groups in total. The van der Waals surface area contributed by atoms with Gasteiger partial charge in [0.05, 0.1) is 26.2 Å². The minimum atomic E-state index is -4.69. The van der Waals surface area contributed by atoms with E-state index in [1.165, 1.54) is 19.3 Å². The lowest BCUT2D eigenvalue weighted by Gasteiger charge is -2.27. The number of ether oxygens (including phenoxy) is 1. The molecule has 0 aliphatic rings. The molecule has 1 amide bonds. The van der Waals surface area contributed by atoms with E-state index in [9.17, 15) is 18.0 Å². The smallest absolute Gasteiger partial charge is 0.384 e. The molecule has 0 radical (unpaired) electrons. The van der Waals surface area contributed by atoms with E-state index in [0.29, 0.717) is 5.56 Å². The summed E-state index contributed by atoms with van der Waals surface area (Å²) in [6.07, 6.45) is -4.53. The van der Waals surface area contributed by atoms with Gasteiger partial charge in [0.15, 0.2) is 0 Å². The molecule has 7 nitrogen and oxygen atoms in total. The van der Waals surface area contributed by atoms with Crippen LogP contribution in [0.1, 0.15) is 30.8 Å². The van der Waals surface area contributed by atoms with Crippen LogP contribution in [0, 0.1) is 0 Å². The van der Waals surface area contributed by atoms with Gasteiger partial charge in [-0.2, -0.15) is 18.2 Å². The van der Waals surface area contributed by atoms with Crippen LogP contribution in [0.4, 0.5) is 13.2 Å². The summed E-state index contributed by atoms with van der Waals surface area (Å²) in [6, 6.07) is 5.99. The fourth-order valence-corrected chi connectivity index (χ4v) is 2.28. The van der Waals surface area contributed by atoms with E-state index in [1.54, 1.807) is 31.2 Å². The van der Waals surface area contributed by atoms with E-state index in [0.717, 1.165) is 5.56 Å². The van der Waals surface area contributed by atoms with Gasteiger partial charge in [-0.25, -0.2) is 5.06 Å². The number of benzene rings is 1. The van der Waals surface area contributed by atoms with E-state index in [1.807, 2.05) is 0 Å². The van der Waals surface area contributed by atoms with Crippen LogP contribution in [0.5, 0.6) is 0 Å². The van der Waals surface area contributed by atoms with Crippen molar-refractivity contribution in [1.82, 2.24) is 15.2 Å². The fourth-order valence-electron chi connectivity index (χ4n) is 2.28. The third-order valence-electron chi connectivity index (χ3n) is 3.63. The molecule has 1 atom stereocenters. The summed E-state index contributed by atoms with van der Waals surface area (Å²) < 4.78 is 46.7. The van der Waals surface area contributed by atoms with Crippen molar-refractivity contribution >= 4 is 5.91 Å². The second-order valence-corrected chi connectivity index (χ2v) is 5.36. The van der Waals surface area contributed by atoms with Crippen molar-refractivity contribution in [3.8, 4) is 11.4 Å². The lowest BCUT2D eigenvalue weighted by atomic mass is 10.1. The number of nitrogens with zero attached hydrogens (tertiary/aromatic N) is 3. The molecule has 0 saturated carbocycles. The Morgan fingerprint density at radius 2 is 1.92 bits per heavy atom. The molecule has 2 rings (SSSR count). The third-order valence-corrected chi connectivity index (χ3v) is 3.63. The molecule has 1 aromatic carbocycles. The van der Waals surface area contributed by atoms with Crippen LogP contribution >= 0.6 is 0 Å². The molecule has 2 aromatic rings. The van der Waals surface area contributed by atoms with Gasteiger partial charge in [-0.3, -0.25) is 9.63 Å². The van der Waals surface area contributed by atoms with Gasteiger partial charge in [-0.15, -0.1) is 0 Å². The lowest BCUT2D eigenvalue weighted by Crippen LogP contribution is -2.33. The number of amides is 1. The predicted molar refractivity (Wildman–Crippen MR) is 83.5 cm³/mol. The largest absolute Gasteiger partial charge is 0.471 e. The summed E-state index contributed by atoms with van der Waals surface area (Å²) in [5.74, 6) is -1.82. The van der Waals surface area contributed by atoms with Crippen LogP contribution in [0.3, 0.4) is 0 Å². The van der Waals surface area contributed by atoms with E-state index < -0.39 is 18.1 Å². The Morgan fingerprint density at radius 3 is 2.42 bits per heavy atom. The number of aromatic nitrogens is 2. The third kappa shape index (κ3) is 4.58. The molecule has 1 unspecified atom stereocenters. The maximum atomic E-state index is 12.5. The monoisotopic (exact) mass is 373 g/mol. The Labute approximate surface area is 147 Å². The van der Waals surface area contributed by atoms with Crippen LogP contribution in [-0.2, 0) is 20.5 Å². The van der Waals surface area contributed by atoms with E-state index in [2.05, 4.69) is 14.7 Å². The molecule has 1 heterocycles. The fraction of sp³-hybridized carbons (Fsp3) is 0.438. The number of carbonyl (C=O) groups is 1. The predicted octanol–water partition coefficient (Wildman–Crippen LogP) is 3.24. The maximum Gasteiger partial charge on any atom is 0.471 e. The highest BCUT2D eigenvalue weighted by Crippen LogP contribution is 2.30. The molecule has 0 aliphatic heterocycles. The second-order valence-electron chi connectivity index (χ2n) is 5.36. The quantitative estimate of drug-likeness (QED) is 0.694. The second kappa shape index (κ2) is 8.28. The summed E-state index contributed by atoms with van der Waals surface area (Å²) in [5.41, 5.74) is 1.08. The van der Waals surface area contributed by atoms with Crippen LogP contribution in [0.2, 0.25) is 0 Å². The first-order valence-corrected chi connectivity index (χ1v) is 7.64. The van der Waals surface area contributed by atoms with Crippen molar-refractivity contribution in [3.05, 3.63) is 35.7 Å². The van der Waals surface area contributed by atoms with Gasteiger partial charge in [-0.05, 0) is 12.5 Å². The molecule has 26 heavy (non-hydrogen) atoms. The summed E-state index contributed by atoms with van der Waals surface area (Å²) >= 11 is 0. The number of rotatable bonds is 7. The summed E-state index contributed by atoms with van der Waals surface area (Å²) in [4.78, 5) is 20.6. The SMILES string of the molecule is COCCC(=O)N(OC)C(C)c1ccc(-c2noc(C(F)(F)F)n2)cc1. The van der Waals surface area contributed by atoms with Gasteiger partial charge in [0.2, 0.25) is 11.7 Å². The van der Waals surface area contributed by atoms with Crippen molar-refractivity contribution in [1.29, 1.82) is 0 Å². The Morgan fingerprint density at radius 1 is 1.27 bits per heavy atom. The first-order valence-electron chi connectivity index (χ1n) is 7.64. The Hall–Kier alpha value is -2.46. The minimum absolute atomic E-state index is 0.163. The Kier molecular flexibility index (Phi) is 6.32. The molecule has 0 saturated heterocycles. The zero-order valence-corrected chi connectivity index (χ0v) is 14.4. The Balaban J connectivity index is 2.15. The van der Waals surface area contributed by atoms with Crippen LogP contribution < -0.4 is 0 Å². The number of hydrogen-bond donors (Lipinski definition) is 0. The molecule has 0 bridgehead atoms. The van der Waals surface area contributed by atoms with Crippen molar-refractivity contribution in [2.24, 2.45) is 0 Å². The molecular formula is C16H18F3N3O4. The van der Waals surface area contributed by atoms with Gasteiger partial charge in [-0.1, -0.05) is 29.4 Å². The van der Waals surface area contributed by atoms with Gasteiger partial charge in [0, 0.05) is 12.7 Å². The van der Waals surface area contributed by atoms with Crippen LogP contribution in [0.25, 0.3) is 11.4 Å². The number of hydrogen-bond acceptors (Lipinski definition) is 6. The van der Waals surface area contributed by atoms with Crippen LogP contribution in [-0.4, -0.2) is 41.9 Å². The molecule has 1 aromatic heterocycles. The maximum absolute atomic E-state index is 12.5. The Bertz CT molecular complexity index is 731. The molecule has 0 aliphatic carbocycles. The molecular weight excluding hydrogens is 355 g/mol. The summed E-state index contributed by atoms with van der Waals surface area (Å²) in [6.45, 7) is 2.03. The van der Waals surface area contributed by atoms with E-state index >= 15 is 0 Å². The van der Waals surface area contributed by atoms with Crippen molar-refractivity contribution in [3.63, 3.8) is 0 Å². The van der Waals surface area contributed by atoms with Gasteiger partial charge >= 0.3 is 12.1 Å². The summed E-state index contributed by atoms with van der Waals surface area (Å²) in [7, 11) is 2.88. The van der Waals surface area contributed by atoms with Gasteiger partial charge < -0.3 is 9.26 Å². The highest BCUT2D eigenvalue weighted by atomic mass is 19.4. The number of alkyl halides is 3. The summed E-state index contributed by atoms with van der Waals surface area (Å²) in [5, 5.41) is 4.54. The zero-order chi connectivity index (χ0) is 19.3. The average Bonchev–Trinajstić information content (AvgIpc) is 3.11. The first-order chi connectivity index (χ1) is 12.3. The number of carbonyl (C=O) groups excluding carboxylic acids is 1. The lowest BCUT2D eigenvalue weighted by molar-refractivity contribution is -0.188. The van der Waals surface area contributed by atoms with Crippen molar-refractivity contribution < 1.29 is 32.1 Å². The average molecular weight is 373 g/mol. The first kappa shape index (κ1) is 19.9. The van der Waals surface area contributed by atoms with E-state index in [4.69, 9.17) is 9.57 Å². The van der Waals surface area contributed by atoms with Gasteiger partial charge in [0.25, 0.3) is 0 Å². The highest BCUT2D eigenvalue weighted by molar-refractivity contribution is 5.75. The topological polar surface area (TPSA) is 77.7 Å². The van der Waals surface area contributed by atoms with E-state index in [-0.39, 0.29) is 24.8 Å². The number of methoxy groups -OCH3 is 1. The molecule has 142 valence electrons. The molecule has 0 spiro atoms. The number of halogens is 3. The van der Waals surface area contributed by atoms with Crippen molar-refractivity contribution in [2.75, 3.05) is 20.8 Å². The highest BCUT2D eigenvalue weighted by Gasteiger charge is 2.38. The molecule has 10 heteroatoms. The molecule has 0 fully saturated rings. The van der Waals surface area contributed by atoms with Crippen molar-refractivity contribution in [2.45, 2.75) is 25.6 Å². The standard InChI is InChI=1S/C16H18F3N3O4/c1-10(22(25-3)13(23)8-9-24-2)11-4-6-12(7-5-11)14-20-15(26-21-14)16(17,18)19/h4-7,10H,8-9H2,1-3H3. The number of hydroxylamine groups is 2. The van der Waals surface area contributed by atoms with Crippen LogP contribution in [0.15, 0.2) is 28.8 Å².